The van der Waals surface area contributed by atoms with E-state index in [1.807, 2.05) is 36.6 Å². The molecule has 0 aliphatic heterocycles. The fourth-order valence-electron chi connectivity index (χ4n) is 2.36. The third-order valence-electron chi connectivity index (χ3n) is 3.88. The maximum atomic E-state index is 12.2. The third kappa shape index (κ3) is 5.82. The first-order valence-electron chi connectivity index (χ1n) is 9.17. The number of thiazole rings is 1. The van der Waals surface area contributed by atoms with Gasteiger partial charge in [0.05, 0.1) is 17.9 Å². The van der Waals surface area contributed by atoms with Crippen LogP contribution in [0.3, 0.4) is 0 Å². The molecule has 1 aromatic heterocycles. The number of hydrogen-bond donors (Lipinski definition) is 1. The lowest BCUT2D eigenvalue weighted by atomic mass is 10.2. The van der Waals surface area contributed by atoms with E-state index in [1.165, 1.54) is 16.9 Å². The molecule has 0 spiro atoms. The molecular formula is C22H24N2O3S. The third-order valence-corrected chi connectivity index (χ3v) is 4.69. The molecule has 0 aliphatic carbocycles. The van der Waals surface area contributed by atoms with Crippen molar-refractivity contribution in [1.29, 1.82) is 0 Å². The van der Waals surface area contributed by atoms with Gasteiger partial charge in [-0.3, -0.25) is 0 Å². The van der Waals surface area contributed by atoms with Crippen molar-refractivity contribution in [2.45, 2.75) is 27.4 Å². The molecule has 6 heteroatoms. The second-order valence-electron chi connectivity index (χ2n) is 6.94. The first kappa shape index (κ1) is 19.9. The summed E-state index contributed by atoms with van der Waals surface area (Å²) >= 11 is 1.48. The first-order valence-corrected chi connectivity index (χ1v) is 10.1. The molecule has 2 aromatic carbocycles. The summed E-state index contributed by atoms with van der Waals surface area (Å²) in [6.07, 6.45) is 0. The van der Waals surface area contributed by atoms with Crippen molar-refractivity contribution in [3.05, 3.63) is 70.7 Å². The molecule has 0 radical (unpaired) electrons. The number of benzene rings is 2. The highest BCUT2D eigenvalue weighted by Gasteiger charge is 2.10. The standard InChI is InChI=1S/C22H24N2O3S/c1-15(2)12-26-20-10-6-17(7-11-20)21(25)27-13-19-14-28-22(24-19)23-18-8-4-16(3)5-9-18/h4-11,14-15H,12-13H2,1-3H3,(H,23,24). The van der Waals surface area contributed by atoms with E-state index in [1.54, 1.807) is 24.3 Å². The number of esters is 1. The average molecular weight is 397 g/mol. The number of hydrogen-bond acceptors (Lipinski definition) is 6. The molecule has 1 N–H and O–H groups in total. The lowest BCUT2D eigenvalue weighted by Crippen LogP contribution is -2.07. The molecule has 0 fully saturated rings. The highest BCUT2D eigenvalue weighted by molar-refractivity contribution is 7.13. The fraction of sp³-hybridized carbons (Fsp3) is 0.273. The average Bonchev–Trinajstić information content (AvgIpc) is 3.14. The molecule has 0 saturated heterocycles. The number of carbonyl (C=O) groups excluding carboxylic acids is 1. The van der Waals surface area contributed by atoms with Crippen LogP contribution >= 0.6 is 11.3 Å². The van der Waals surface area contributed by atoms with E-state index in [0.717, 1.165) is 16.6 Å². The summed E-state index contributed by atoms with van der Waals surface area (Å²) in [7, 11) is 0. The predicted molar refractivity (Wildman–Crippen MR) is 112 cm³/mol. The van der Waals surface area contributed by atoms with Crippen LogP contribution in [-0.2, 0) is 11.3 Å². The van der Waals surface area contributed by atoms with E-state index in [0.29, 0.717) is 23.8 Å². The Kier molecular flexibility index (Phi) is 6.66. The van der Waals surface area contributed by atoms with Gasteiger partial charge in [-0.2, -0.15) is 0 Å². The van der Waals surface area contributed by atoms with Crippen LogP contribution in [-0.4, -0.2) is 17.6 Å². The Balaban J connectivity index is 1.50. The van der Waals surface area contributed by atoms with Crippen molar-refractivity contribution >= 4 is 28.1 Å². The second-order valence-corrected chi connectivity index (χ2v) is 7.80. The molecule has 1 heterocycles. The van der Waals surface area contributed by atoms with Gasteiger partial charge in [0.25, 0.3) is 0 Å². The monoisotopic (exact) mass is 396 g/mol. The number of anilines is 2. The van der Waals surface area contributed by atoms with Crippen LogP contribution in [0.5, 0.6) is 5.75 Å². The van der Waals surface area contributed by atoms with Crippen LogP contribution in [0.4, 0.5) is 10.8 Å². The maximum Gasteiger partial charge on any atom is 0.338 e. The topological polar surface area (TPSA) is 60.5 Å². The fourth-order valence-corrected chi connectivity index (χ4v) is 3.08. The van der Waals surface area contributed by atoms with Gasteiger partial charge in [0.2, 0.25) is 0 Å². The highest BCUT2D eigenvalue weighted by atomic mass is 32.1. The quantitative estimate of drug-likeness (QED) is 0.503. The van der Waals surface area contributed by atoms with Crippen LogP contribution in [0.1, 0.15) is 35.5 Å². The Bertz CT molecular complexity index is 902. The van der Waals surface area contributed by atoms with Gasteiger partial charge in [-0.1, -0.05) is 31.5 Å². The lowest BCUT2D eigenvalue weighted by Gasteiger charge is -2.09. The van der Waals surface area contributed by atoms with Crippen LogP contribution in [0.2, 0.25) is 0 Å². The summed E-state index contributed by atoms with van der Waals surface area (Å²) in [6, 6.07) is 15.1. The molecule has 0 atom stereocenters. The Hall–Kier alpha value is -2.86. The zero-order chi connectivity index (χ0) is 19.9. The maximum absolute atomic E-state index is 12.2. The smallest absolute Gasteiger partial charge is 0.338 e. The van der Waals surface area contributed by atoms with E-state index < -0.39 is 0 Å². The summed E-state index contributed by atoms with van der Waals surface area (Å²) in [6.45, 7) is 7.01. The van der Waals surface area contributed by atoms with Crippen molar-refractivity contribution in [2.24, 2.45) is 5.92 Å². The number of nitrogens with one attached hydrogen (secondary N) is 1. The number of nitrogens with zero attached hydrogens (tertiary/aromatic N) is 1. The van der Waals surface area contributed by atoms with Crippen molar-refractivity contribution in [2.75, 3.05) is 11.9 Å². The van der Waals surface area contributed by atoms with Gasteiger partial charge in [-0.05, 0) is 49.2 Å². The number of rotatable bonds is 8. The Morgan fingerprint density at radius 2 is 1.82 bits per heavy atom. The number of carbonyl (C=O) groups is 1. The summed E-state index contributed by atoms with van der Waals surface area (Å²) in [5.41, 5.74) is 3.38. The van der Waals surface area contributed by atoms with Crippen molar-refractivity contribution < 1.29 is 14.3 Å². The van der Waals surface area contributed by atoms with Crippen LogP contribution in [0.25, 0.3) is 0 Å². The molecule has 0 aliphatic rings. The van der Waals surface area contributed by atoms with Crippen LogP contribution < -0.4 is 10.1 Å². The zero-order valence-electron chi connectivity index (χ0n) is 16.3. The molecule has 0 saturated carbocycles. The zero-order valence-corrected chi connectivity index (χ0v) is 17.1. The SMILES string of the molecule is Cc1ccc(Nc2nc(COC(=O)c3ccc(OCC(C)C)cc3)cs2)cc1. The molecule has 3 rings (SSSR count). The van der Waals surface area contributed by atoms with Crippen molar-refractivity contribution in [1.82, 2.24) is 4.98 Å². The van der Waals surface area contributed by atoms with Gasteiger partial charge in [-0.15, -0.1) is 11.3 Å². The van der Waals surface area contributed by atoms with Gasteiger partial charge in [-0.25, -0.2) is 9.78 Å². The minimum absolute atomic E-state index is 0.135. The lowest BCUT2D eigenvalue weighted by molar-refractivity contribution is 0.0468. The van der Waals surface area contributed by atoms with E-state index in [2.05, 4.69) is 24.1 Å². The minimum Gasteiger partial charge on any atom is -0.493 e. The summed E-state index contributed by atoms with van der Waals surface area (Å²) in [5, 5.41) is 5.90. The molecule has 3 aromatic rings. The molecule has 28 heavy (non-hydrogen) atoms. The minimum atomic E-state index is -0.378. The van der Waals surface area contributed by atoms with Crippen molar-refractivity contribution in [3.8, 4) is 5.75 Å². The largest absolute Gasteiger partial charge is 0.493 e. The van der Waals surface area contributed by atoms with Gasteiger partial charge < -0.3 is 14.8 Å². The summed E-state index contributed by atoms with van der Waals surface area (Å²) in [4.78, 5) is 16.7. The predicted octanol–water partition coefficient (Wildman–Crippen LogP) is 5.59. The number of aryl methyl sites for hydroxylation is 1. The first-order chi connectivity index (χ1) is 13.5. The molecule has 0 bridgehead atoms. The second kappa shape index (κ2) is 9.37. The molecule has 0 amide bonds. The molecule has 5 nitrogen and oxygen atoms in total. The summed E-state index contributed by atoms with van der Waals surface area (Å²) < 4.78 is 11.0. The van der Waals surface area contributed by atoms with E-state index in [4.69, 9.17) is 9.47 Å². The van der Waals surface area contributed by atoms with E-state index in [-0.39, 0.29) is 12.6 Å². The van der Waals surface area contributed by atoms with Gasteiger partial charge in [0.1, 0.15) is 12.4 Å². The number of aromatic nitrogens is 1. The Morgan fingerprint density at radius 1 is 1.11 bits per heavy atom. The normalized spacial score (nSPS) is 10.7. The van der Waals surface area contributed by atoms with Gasteiger partial charge in [0, 0.05) is 11.1 Å². The van der Waals surface area contributed by atoms with Crippen LogP contribution in [0, 0.1) is 12.8 Å². The highest BCUT2D eigenvalue weighted by Crippen LogP contribution is 2.22. The molecule has 146 valence electrons. The summed E-state index contributed by atoms with van der Waals surface area (Å²) in [5.74, 6) is 0.821. The molecule has 0 unspecified atom stereocenters. The van der Waals surface area contributed by atoms with Crippen molar-refractivity contribution in [3.63, 3.8) is 0 Å². The molecular weight excluding hydrogens is 372 g/mol. The van der Waals surface area contributed by atoms with E-state index in [9.17, 15) is 4.79 Å². The van der Waals surface area contributed by atoms with Crippen LogP contribution in [0.15, 0.2) is 53.9 Å². The van der Waals surface area contributed by atoms with Gasteiger partial charge >= 0.3 is 5.97 Å². The Morgan fingerprint density at radius 3 is 2.50 bits per heavy atom. The Labute approximate surface area is 169 Å². The van der Waals surface area contributed by atoms with Gasteiger partial charge in [0.15, 0.2) is 5.13 Å². The number of ether oxygens (including phenoxy) is 2. The van der Waals surface area contributed by atoms with E-state index >= 15 is 0 Å².